The minimum absolute atomic E-state index is 0.124. The molecule has 1 amide bonds. The smallest absolute Gasteiger partial charge is 0.410 e. The van der Waals surface area contributed by atoms with E-state index in [2.05, 4.69) is 108 Å². The first-order valence-electron chi connectivity index (χ1n) is 25.1. The zero-order valence-electron chi connectivity index (χ0n) is 42.8. The standard InChI is InChI=1S/C31H45NO5.C26H37NO3/c1-8-35-28(33)17-18-32(29(34)37-31(5,6)7)21-22-9-10-24-20-27(14-11-23(24)19-22)36-26-15-12-25(13-16-26)30(2,3)4;1-5-29-25(28)14-15-27-18-19-6-7-21-17-24(11-8-20(21)16-19)30-23-12-9-22(10-13-23)26(2,3)4/h9-11,14,19-20,25-26H,8,12-13,15-18,21H2,1-7H3;6-8,11,16-17,22-23,27H,5,9-10,12-15,18H2,1-4H3. The molecule has 6 rings (SSSR count). The van der Waals surface area contributed by atoms with Gasteiger partial charge in [-0.3, -0.25) is 9.59 Å². The van der Waals surface area contributed by atoms with E-state index >= 15 is 0 Å². The maximum atomic E-state index is 12.8. The first-order chi connectivity index (χ1) is 31.7. The molecule has 0 spiro atoms. The van der Waals surface area contributed by atoms with Crippen LogP contribution in [0.4, 0.5) is 4.79 Å². The number of benzene rings is 4. The van der Waals surface area contributed by atoms with Crippen molar-refractivity contribution in [2.45, 2.75) is 171 Å². The van der Waals surface area contributed by atoms with Crippen LogP contribution in [0.25, 0.3) is 21.5 Å². The van der Waals surface area contributed by atoms with Gasteiger partial charge in [0.05, 0.1) is 38.3 Å². The fraction of sp³-hybridized carbons (Fsp3) is 0.596. The zero-order valence-corrected chi connectivity index (χ0v) is 42.8. The van der Waals surface area contributed by atoms with Crippen LogP contribution in [0.3, 0.4) is 0 Å². The predicted molar refractivity (Wildman–Crippen MR) is 270 cm³/mol. The van der Waals surface area contributed by atoms with Crippen LogP contribution in [-0.2, 0) is 36.9 Å². The monoisotopic (exact) mass is 923 g/mol. The maximum Gasteiger partial charge on any atom is 0.410 e. The van der Waals surface area contributed by atoms with E-state index in [1.165, 1.54) is 42.0 Å². The highest BCUT2D eigenvalue weighted by Gasteiger charge is 2.32. The molecule has 10 nitrogen and oxygen atoms in total. The van der Waals surface area contributed by atoms with Gasteiger partial charge in [0, 0.05) is 26.2 Å². The molecule has 0 bridgehead atoms. The first kappa shape index (κ1) is 53.1. The zero-order chi connectivity index (χ0) is 48.8. The second kappa shape index (κ2) is 24.5. The van der Waals surface area contributed by atoms with Crippen molar-refractivity contribution in [3.05, 3.63) is 83.9 Å². The number of ether oxygens (including phenoxy) is 5. The van der Waals surface area contributed by atoms with Gasteiger partial charge in [-0.2, -0.15) is 0 Å². The topological polar surface area (TPSA) is 113 Å². The third-order valence-corrected chi connectivity index (χ3v) is 13.2. The number of carbonyl (C=O) groups excluding carboxylic acids is 3. The Morgan fingerprint density at radius 1 is 0.567 bits per heavy atom. The van der Waals surface area contributed by atoms with E-state index in [1.54, 1.807) is 11.8 Å². The molecule has 4 aromatic rings. The van der Waals surface area contributed by atoms with Crippen molar-refractivity contribution < 1.29 is 38.1 Å². The van der Waals surface area contributed by atoms with Gasteiger partial charge >= 0.3 is 18.0 Å². The van der Waals surface area contributed by atoms with Gasteiger partial charge in [0.1, 0.15) is 17.1 Å². The lowest BCUT2D eigenvalue weighted by Gasteiger charge is -2.37. The molecule has 2 saturated carbocycles. The van der Waals surface area contributed by atoms with Crippen LogP contribution < -0.4 is 14.8 Å². The van der Waals surface area contributed by atoms with Crippen LogP contribution in [0, 0.1) is 22.7 Å². The Hall–Kier alpha value is -4.83. The van der Waals surface area contributed by atoms with Gasteiger partial charge in [0.25, 0.3) is 0 Å². The van der Waals surface area contributed by atoms with Gasteiger partial charge in [0.15, 0.2) is 0 Å². The van der Waals surface area contributed by atoms with Crippen molar-refractivity contribution in [2.24, 2.45) is 22.7 Å². The summed E-state index contributed by atoms with van der Waals surface area (Å²) in [4.78, 5) is 37.7. The van der Waals surface area contributed by atoms with E-state index in [0.717, 1.165) is 71.9 Å². The van der Waals surface area contributed by atoms with Gasteiger partial charge in [0.2, 0.25) is 0 Å². The van der Waals surface area contributed by atoms with E-state index in [4.69, 9.17) is 23.7 Å². The number of fused-ring (bicyclic) bond motifs is 2. The summed E-state index contributed by atoms with van der Waals surface area (Å²) in [6, 6.07) is 25.3. The van der Waals surface area contributed by atoms with Crippen LogP contribution in [0.15, 0.2) is 72.8 Å². The van der Waals surface area contributed by atoms with Crippen molar-refractivity contribution in [3.8, 4) is 11.5 Å². The van der Waals surface area contributed by atoms with E-state index in [0.29, 0.717) is 49.7 Å². The summed E-state index contributed by atoms with van der Waals surface area (Å²) >= 11 is 0. The molecule has 0 heterocycles. The molecule has 1 N–H and O–H groups in total. The summed E-state index contributed by atoms with van der Waals surface area (Å²) in [5.74, 6) is 2.97. The lowest BCUT2D eigenvalue weighted by atomic mass is 9.72. The minimum Gasteiger partial charge on any atom is -0.490 e. The van der Waals surface area contributed by atoms with Crippen molar-refractivity contribution in [3.63, 3.8) is 0 Å². The number of nitrogens with zero attached hydrogens (tertiary/aromatic N) is 1. The lowest BCUT2D eigenvalue weighted by molar-refractivity contribution is -0.144. The predicted octanol–water partition coefficient (Wildman–Crippen LogP) is 13.4. The fourth-order valence-corrected chi connectivity index (χ4v) is 9.28. The van der Waals surface area contributed by atoms with Crippen LogP contribution in [-0.4, -0.2) is 67.0 Å². The maximum absolute atomic E-state index is 12.8. The van der Waals surface area contributed by atoms with E-state index in [1.807, 2.05) is 39.8 Å². The first-order valence-corrected chi connectivity index (χ1v) is 25.1. The molecule has 0 atom stereocenters. The number of carbonyl (C=O) groups is 3. The number of esters is 2. The van der Waals surface area contributed by atoms with Crippen LogP contribution >= 0.6 is 0 Å². The van der Waals surface area contributed by atoms with Gasteiger partial charge < -0.3 is 33.9 Å². The van der Waals surface area contributed by atoms with Gasteiger partial charge in [-0.15, -0.1) is 0 Å². The molecule has 67 heavy (non-hydrogen) atoms. The molecule has 4 aromatic carbocycles. The number of rotatable bonds is 16. The third kappa shape index (κ3) is 17.6. The van der Waals surface area contributed by atoms with Gasteiger partial charge in [-0.05, 0) is 178 Å². The molecule has 2 fully saturated rings. The number of hydrogen-bond donors (Lipinski definition) is 1. The summed E-state index contributed by atoms with van der Waals surface area (Å²) in [5, 5.41) is 7.90. The number of hydrogen-bond acceptors (Lipinski definition) is 9. The Bertz CT molecular complexity index is 2200. The summed E-state index contributed by atoms with van der Waals surface area (Å²) in [6.45, 7) is 25.9. The van der Waals surface area contributed by atoms with Crippen LogP contribution in [0.5, 0.6) is 11.5 Å². The molecule has 0 unspecified atom stereocenters. The Kier molecular flexibility index (Phi) is 19.4. The summed E-state index contributed by atoms with van der Waals surface area (Å²) in [5.41, 5.74) is 2.32. The van der Waals surface area contributed by atoms with Gasteiger partial charge in [-0.25, -0.2) is 4.79 Å². The van der Waals surface area contributed by atoms with Crippen molar-refractivity contribution in [1.29, 1.82) is 0 Å². The molecular weight excluding hydrogens is 841 g/mol. The molecular formula is C57H82N2O8. The van der Waals surface area contributed by atoms with Crippen molar-refractivity contribution in [1.82, 2.24) is 10.2 Å². The Morgan fingerprint density at radius 2 is 1.00 bits per heavy atom. The number of amides is 1. The minimum atomic E-state index is -0.620. The third-order valence-electron chi connectivity index (χ3n) is 13.2. The average molecular weight is 923 g/mol. The summed E-state index contributed by atoms with van der Waals surface area (Å²) in [6.07, 6.45) is 10.2. The Morgan fingerprint density at radius 3 is 1.46 bits per heavy atom. The largest absolute Gasteiger partial charge is 0.490 e. The molecule has 0 aliphatic heterocycles. The molecule has 0 saturated heterocycles. The highest BCUT2D eigenvalue weighted by Crippen LogP contribution is 2.40. The molecule has 10 heteroatoms. The van der Waals surface area contributed by atoms with Crippen LogP contribution in [0.2, 0.25) is 0 Å². The fourth-order valence-electron chi connectivity index (χ4n) is 9.28. The van der Waals surface area contributed by atoms with E-state index < -0.39 is 11.7 Å². The number of nitrogens with one attached hydrogen (secondary N) is 1. The van der Waals surface area contributed by atoms with Crippen LogP contribution in [0.1, 0.15) is 151 Å². The highest BCUT2D eigenvalue weighted by molar-refractivity contribution is 5.85. The van der Waals surface area contributed by atoms with E-state index in [9.17, 15) is 14.4 Å². The molecule has 0 aromatic heterocycles. The molecule has 2 aliphatic carbocycles. The average Bonchev–Trinajstić information content (AvgIpc) is 3.26. The van der Waals surface area contributed by atoms with Gasteiger partial charge in [-0.1, -0.05) is 77.9 Å². The van der Waals surface area contributed by atoms with Crippen molar-refractivity contribution >= 4 is 39.6 Å². The normalized spacial score (nSPS) is 18.9. The molecule has 368 valence electrons. The Labute approximate surface area is 402 Å². The van der Waals surface area contributed by atoms with E-state index in [-0.39, 0.29) is 31.0 Å². The SMILES string of the molecule is CCOC(=O)CCN(Cc1ccc2cc(OC3CCC(C(C)(C)C)CC3)ccc2c1)C(=O)OC(C)(C)C.CCOC(=O)CCNCc1ccc2cc(OC3CCC(C(C)(C)C)CC3)ccc2c1. The molecule has 0 radical (unpaired) electrons. The molecule has 2 aliphatic rings. The summed E-state index contributed by atoms with van der Waals surface area (Å²) in [7, 11) is 0. The van der Waals surface area contributed by atoms with Crippen molar-refractivity contribution in [2.75, 3.05) is 26.3 Å². The summed E-state index contributed by atoms with van der Waals surface area (Å²) < 4.78 is 28.2. The second-order valence-corrected chi connectivity index (χ2v) is 21.8. The quantitative estimate of drug-likeness (QED) is 0.0667. The second-order valence-electron chi connectivity index (χ2n) is 21.8. The Balaban J connectivity index is 0.000000256. The highest BCUT2D eigenvalue weighted by atomic mass is 16.6. The lowest BCUT2D eigenvalue weighted by Crippen LogP contribution is -2.37.